The molecular weight excluding hydrogens is 381 g/mol. The summed E-state index contributed by atoms with van der Waals surface area (Å²) in [5.41, 5.74) is -0.326. The minimum Gasteiger partial charge on any atom is -0.288 e. The van der Waals surface area contributed by atoms with Crippen molar-refractivity contribution < 1.29 is 26.4 Å². The summed E-state index contributed by atoms with van der Waals surface area (Å²) in [7, 11) is -3.41. The third kappa shape index (κ3) is 3.05. The number of rotatable bonds is 2. The maximum absolute atomic E-state index is 13.1. The molecule has 5 nitrogen and oxygen atoms in total. The lowest BCUT2D eigenvalue weighted by Crippen LogP contribution is -2.38. The summed E-state index contributed by atoms with van der Waals surface area (Å²) in [6.07, 6.45) is -4.56. The first-order valence-electron chi connectivity index (χ1n) is 8.22. The number of carbonyl (C=O) groups excluding carboxylic acids is 1. The number of fused-ring (bicyclic) bond motifs is 1. The molecule has 0 bridgehead atoms. The highest BCUT2D eigenvalue weighted by molar-refractivity contribution is 7.91. The van der Waals surface area contributed by atoms with E-state index in [1.807, 2.05) is 0 Å². The van der Waals surface area contributed by atoms with E-state index >= 15 is 0 Å². The number of alkyl halides is 3. The van der Waals surface area contributed by atoms with Crippen molar-refractivity contribution >= 4 is 27.2 Å². The fourth-order valence-corrected chi connectivity index (χ4v) is 5.65. The SMILES string of the molecule is O=C1N(c2ccccc2)[C@@H]2CS(=O)(=O)C[C@@H]2N1c1cccc(C(F)(F)F)c1. The molecule has 2 aromatic rings. The van der Waals surface area contributed by atoms with E-state index < -0.39 is 39.7 Å². The first-order valence-corrected chi connectivity index (χ1v) is 10.0. The minimum absolute atomic E-state index is 0.0420. The van der Waals surface area contributed by atoms with Crippen molar-refractivity contribution in [2.24, 2.45) is 0 Å². The maximum Gasteiger partial charge on any atom is 0.416 e. The molecular formula is C18H15F3N2O3S. The number of sulfone groups is 1. The fourth-order valence-electron chi connectivity index (χ4n) is 3.73. The van der Waals surface area contributed by atoms with Gasteiger partial charge in [-0.15, -0.1) is 0 Å². The van der Waals surface area contributed by atoms with Crippen LogP contribution in [-0.2, 0) is 16.0 Å². The van der Waals surface area contributed by atoms with Gasteiger partial charge in [-0.2, -0.15) is 13.2 Å². The number of benzene rings is 2. The zero-order valence-corrected chi connectivity index (χ0v) is 14.7. The van der Waals surface area contributed by atoms with Crippen LogP contribution in [0.2, 0.25) is 0 Å². The molecule has 2 aliphatic rings. The predicted octanol–water partition coefficient (Wildman–Crippen LogP) is 3.32. The molecule has 0 N–H and O–H groups in total. The second-order valence-corrected chi connectivity index (χ2v) is 8.77. The van der Waals surface area contributed by atoms with Gasteiger partial charge >= 0.3 is 12.2 Å². The number of nitrogens with zero attached hydrogens (tertiary/aromatic N) is 2. The standard InChI is InChI=1S/C18H15F3N2O3S/c19-18(20,21)12-5-4-8-14(9-12)23-16-11-27(25,26)10-15(16)22(17(23)24)13-6-2-1-3-7-13/h1-9,15-16H,10-11H2/t15-,16+/m1/s1. The number of amides is 2. The van der Waals surface area contributed by atoms with Gasteiger partial charge in [0.15, 0.2) is 9.84 Å². The van der Waals surface area contributed by atoms with Crippen LogP contribution in [-0.4, -0.2) is 38.0 Å². The molecule has 0 spiro atoms. The third-order valence-corrected chi connectivity index (χ3v) is 6.55. The summed E-state index contributed by atoms with van der Waals surface area (Å²) in [5.74, 6) is -0.489. The number of hydrogen-bond donors (Lipinski definition) is 0. The normalized spacial score (nSPS) is 24.3. The van der Waals surface area contributed by atoms with Crippen LogP contribution in [0.4, 0.5) is 29.3 Å². The summed E-state index contributed by atoms with van der Waals surface area (Å²) in [6, 6.07) is 11.1. The molecule has 2 amide bonds. The number of hydrogen-bond acceptors (Lipinski definition) is 3. The quantitative estimate of drug-likeness (QED) is 0.732. The summed E-state index contributed by atoms with van der Waals surface area (Å²) < 4.78 is 63.6. The molecule has 2 aliphatic heterocycles. The molecule has 2 atom stereocenters. The average Bonchev–Trinajstić information content (AvgIpc) is 3.03. The Kier molecular flexibility index (Phi) is 3.95. The second kappa shape index (κ2) is 5.98. The number of urea groups is 1. The van der Waals surface area contributed by atoms with Gasteiger partial charge in [0.05, 0.1) is 29.2 Å². The number of anilines is 2. The largest absolute Gasteiger partial charge is 0.416 e. The number of halogens is 3. The molecule has 0 aromatic heterocycles. The van der Waals surface area contributed by atoms with Gasteiger partial charge in [0.2, 0.25) is 0 Å². The molecule has 27 heavy (non-hydrogen) atoms. The fraction of sp³-hybridized carbons (Fsp3) is 0.278. The summed E-state index contributed by atoms with van der Waals surface area (Å²) in [5, 5.41) is 0. The first kappa shape index (κ1) is 17.8. The third-order valence-electron chi connectivity index (χ3n) is 4.86. The van der Waals surface area contributed by atoms with Gasteiger partial charge in [-0.05, 0) is 30.3 Å². The second-order valence-electron chi connectivity index (χ2n) is 6.62. The van der Waals surface area contributed by atoms with Crippen LogP contribution in [0.25, 0.3) is 0 Å². The highest BCUT2D eigenvalue weighted by Crippen LogP contribution is 2.39. The Morgan fingerprint density at radius 1 is 0.852 bits per heavy atom. The molecule has 0 aliphatic carbocycles. The zero-order valence-electron chi connectivity index (χ0n) is 13.9. The van der Waals surface area contributed by atoms with Gasteiger partial charge in [-0.3, -0.25) is 9.80 Å². The maximum atomic E-state index is 13.1. The molecule has 0 saturated carbocycles. The van der Waals surface area contributed by atoms with Crippen molar-refractivity contribution in [2.75, 3.05) is 21.3 Å². The Labute approximate surface area is 153 Å². The van der Waals surface area contributed by atoms with Crippen molar-refractivity contribution in [3.05, 3.63) is 60.2 Å². The van der Waals surface area contributed by atoms with Crippen molar-refractivity contribution in [1.29, 1.82) is 0 Å². The monoisotopic (exact) mass is 396 g/mol. The van der Waals surface area contributed by atoms with E-state index in [0.29, 0.717) is 5.69 Å². The predicted molar refractivity (Wildman–Crippen MR) is 94.5 cm³/mol. The van der Waals surface area contributed by atoms with Gasteiger partial charge in [0.25, 0.3) is 0 Å². The van der Waals surface area contributed by atoms with Gasteiger partial charge in [0.1, 0.15) is 0 Å². The minimum atomic E-state index is -4.56. The zero-order chi connectivity index (χ0) is 19.4. The van der Waals surface area contributed by atoms with Crippen LogP contribution < -0.4 is 9.80 Å². The van der Waals surface area contributed by atoms with E-state index in [4.69, 9.17) is 0 Å². The van der Waals surface area contributed by atoms with E-state index in [2.05, 4.69) is 0 Å². The first-order chi connectivity index (χ1) is 12.7. The molecule has 2 heterocycles. The van der Waals surface area contributed by atoms with E-state index in [1.54, 1.807) is 30.3 Å². The van der Waals surface area contributed by atoms with Gasteiger partial charge in [0, 0.05) is 11.4 Å². The highest BCUT2D eigenvalue weighted by atomic mass is 32.2. The highest BCUT2D eigenvalue weighted by Gasteiger charge is 2.54. The summed E-state index contributed by atoms with van der Waals surface area (Å²) in [6.45, 7) is 0. The topological polar surface area (TPSA) is 57.7 Å². The lowest BCUT2D eigenvalue weighted by molar-refractivity contribution is -0.137. The van der Waals surface area contributed by atoms with E-state index in [9.17, 15) is 26.4 Å². The molecule has 0 unspecified atom stereocenters. The van der Waals surface area contributed by atoms with E-state index in [0.717, 1.165) is 12.1 Å². The Hall–Kier alpha value is -2.55. The van der Waals surface area contributed by atoms with Crippen LogP contribution >= 0.6 is 0 Å². The molecule has 0 radical (unpaired) electrons. The van der Waals surface area contributed by atoms with Crippen molar-refractivity contribution in [3.63, 3.8) is 0 Å². The van der Waals surface area contributed by atoms with Crippen molar-refractivity contribution in [1.82, 2.24) is 0 Å². The molecule has 2 fully saturated rings. The molecule has 2 saturated heterocycles. The van der Waals surface area contributed by atoms with E-state index in [1.165, 1.54) is 21.9 Å². The average molecular weight is 396 g/mol. The van der Waals surface area contributed by atoms with Crippen LogP contribution in [0.1, 0.15) is 5.56 Å². The number of carbonyl (C=O) groups is 1. The van der Waals surface area contributed by atoms with Gasteiger partial charge in [-0.25, -0.2) is 13.2 Å². The Morgan fingerprint density at radius 2 is 1.41 bits per heavy atom. The Bertz CT molecular complexity index is 992. The molecule has 9 heteroatoms. The molecule has 2 aromatic carbocycles. The van der Waals surface area contributed by atoms with Crippen LogP contribution in [0.3, 0.4) is 0 Å². The van der Waals surface area contributed by atoms with Crippen molar-refractivity contribution in [3.8, 4) is 0 Å². The number of para-hydroxylation sites is 1. The van der Waals surface area contributed by atoms with Gasteiger partial charge < -0.3 is 0 Å². The van der Waals surface area contributed by atoms with E-state index in [-0.39, 0.29) is 17.2 Å². The lowest BCUT2D eigenvalue weighted by atomic mass is 10.1. The summed E-state index contributed by atoms with van der Waals surface area (Å²) >= 11 is 0. The summed E-state index contributed by atoms with van der Waals surface area (Å²) in [4.78, 5) is 15.6. The molecule has 142 valence electrons. The van der Waals surface area contributed by atoms with Crippen LogP contribution in [0.15, 0.2) is 54.6 Å². The van der Waals surface area contributed by atoms with Crippen LogP contribution in [0.5, 0.6) is 0 Å². The van der Waals surface area contributed by atoms with Crippen LogP contribution in [0, 0.1) is 0 Å². The Balaban J connectivity index is 1.80. The molecule has 4 rings (SSSR count). The van der Waals surface area contributed by atoms with Crippen molar-refractivity contribution in [2.45, 2.75) is 18.3 Å². The lowest BCUT2D eigenvalue weighted by Gasteiger charge is -2.23. The van der Waals surface area contributed by atoms with Gasteiger partial charge in [-0.1, -0.05) is 24.3 Å². The Morgan fingerprint density at radius 3 is 2.00 bits per heavy atom. The smallest absolute Gasteiger partial charge is 0.288 e.